The average molecular weight is 531 g/mol. The van der Waals surface area contributed by atoms with Gasteiger partial charge in [0, 0.05) is 0 Å². The number of hydrogen-bond acceptors (Lipinski definition) is 5. The van der Waals surface area contributed by atoms with Gasteiger partial charge in [0.2, 0.25) is 0 Å². The van der Waals surface area contributed by atoms with Crippen LogP contribution < -0.4 is 14.2 Å². The van der Waals surface area contributed by atoms with Gasteiger partial charge in [-0.15, -0.1) is 0 Å². The first-order valence-corrected chi connectivity index (χ1v) is 14.4. The van der Waals surface area contributed by atoms with Crippen LogP contribution in [0, 0.1) is 0 Å². The number of unbranched alkanes of at least 4 members (excludes halogenated alkanes) is 8. The third kappa shape index (κ3) is 11.0. The Labute approximate surface area is 233 Å². The lowest BCUT2D eigenvalue weighted by atomic mass is 10.1. The number of carbonyl (C=O) groups is 2. The maximum atomic E-state index is 12.6. The van der Waals surface area contributed by atoms with Crippen molar-refractivity contribution in [2.75, 3.05) is 6.61 Å². The summed E-state index contributed by atoms with van der Waals surface area (Å²) in [7, 11) is 0. The molecule has 0 atom stereocenters. The Morgan fingerprint density at radius 3 is 1.49 bits per heavy atom. The number of aryl methyl sites for hydroxylation is 1. The molecular formula is C34H42O5. The van der Waals surface area contributed by atoms with Gasteiger partial charge in [0.25, 0.3) is 0 Å². The van der Waals surface area contributed by atoms with Crippen molar-refractivity contribution in [3.63, 3.8) is 0 Å². The van der Waals surface area contributed by atoms with Gasteiger partial charge in [-0.3, -0.25) is 0 Å². The van der Waals surface area contributed by atoms with Crippen LogP contribution >= 0.6 is 0 Å². The molecule has 0 amide bonds. The van der Waals surface area contributed by atoms with Gasteiger partial charge < -0.3 is 14.2 Å². The maximum Gasteiger partial charge on any atom is 0.343 e. The van der Waals surface area contributed by atoms with E-state index in [9.17, 15) is 9.59 Å². The Morgan fingerprint density at radius 2 is 0.949 bits per heavy atom. The molecule has 0 aliphatic carbocycles. The minimum Gasteiger partial charge on any atom is -0.494 e. The largest absolute Gasteiger partial charge is 0.494 e. The Bertz CT molecular complexity index is 1120. The summed E-state index contributed by atoms with van der Waals surface area (Å²) in [5.41, 5.74) is 1.95. The van der Waals surface area contributed by atoms with E-state index in [0.717, 1.165) is 18.6 Å². The normalized spacial score (nSPS) is 10.7. The monoisotopic (exact) mass is 530 g/mol. The highest BCUT2D eigenvalue weighted by Crippen LogP contribution is 2.20. The van der Waals surface area contributed by atoms with Gasteiger partial charge in [-0.1, -0.05) is 77.3 Å². The summed E-state index contributed by atoms with van der Waals surface area (Å²) in [6.07, 6.45) is 13.2. The zero-order chi connectivity index (χ0) is 27.7. The highest BCUT2D eigenvalue weighted by atomic mass is 16.5. The summed E-state index contributed by atoms with van der Waals surface area (Å²) >= 11 is 0. The lowest BCUT2D eigenvalue weighted by Crippen LogP contribution is -2.11. The summed E-state index contributed by atoms with van der Waals surface area (Å²) in [5.74, 6) is 0.726. The zero-order valence-electron chi connectivity index (χ0n) is 23.5. The van der Waals surface area contributed by atoms with Crippen molar-refractivity contribution in [2.24, 2.45) is 0 Å². The summed E-state index contributed by atoms with van der Waals surface area (Å²) in [5, 5.41) is 0. The van der Waals surface area contributed by atoms with Crippen LogP contribution in [0.3, 0.4) is 0 Å². The molecule has 0 saturated carbocycles. The van der Waals surface area contributed by atoms with Gasteiger partial charge in [0.15, 0.2) is 0 Å². The van der Waals surface area contributed by atoms with Crippen LogP contribution in [0.5, 0.6) is 17.2 Å². The van der Waals surface area contributed by atoms with Crippen LogP contribution in [0.2, 0.25) is 0 Å². The number of esters is 2. The molecule has 0 saturated heterocycles. The molecule has 0 radical (unpaired) electrons. The standard InChI is InChI=1S/C34H42O5/c1-3-5-7-9-10-12-26-37-30-22-24-32(25-23-30)39-34(36)29-18-16-28(17-19-29)33(35)38-31-20-14-27(15-21-31)13-11-8-6-4-2/h14-25H,3-13,26H2,1-2H3. The first-order valence-electron chi connectivity index (χ1n) is 14.4. The molecule has 0 aliphatic rings. The van der Waals surface area contributed by atoms with E-state index in [-0.39, 0.29) is 0 Å². The van der Waals surface area contributed by atoms with Crippen LogP contribution in [-0.2, 0) is 6.42 Å². The number of ether oxygens (including phenoxy) is 3. The molecule has 3 aromatic rings. The van der Waals surface area contributed by atoms with E-state index in [1.165, 1.54) is 63.4 Å². The summed E-state index contributed by atoms with van der Waals surface area (Å²) < 4.78 is 16.7. The van der Waals surface area contributed by atoms with Crippen LogP contribution in [0.25, 0.3) is 0 Å². The fourth-order valence-electron chi connectivity index (χ4n) is 4.23. The Hall–Kier alpha value is -3.60. The van der Waals surface area contributed by atoms with E-state index in [4.69, 9.17) is 14.2 Å². The molecule has 0 aromatic heterocycles. The smallest absolute Gasteiger partial charge is 0.343 e. The van der Waals surface area contributed by atoms with Crippen molar-refractivity contribution in [1.29, 1.82) is 0 Å². The van der Waals surface area contributed by atoms with E-state index in [2.05, 4.69) is 13.8 Å². The quantitative estimate of drug-likeness (QED) is 0.0990. The predicted octanol–water partition coefficient (Wildman–Crippen LogP) is 8.99. The van der Waals surface area contributed by atoms with E-state index >= 15 is 0 Å². The summed E-state index contributed by atoms with van der Waals surface area (Å²) in [6, 6.07) is 21.0. The molecule has 3 aromatic carbocycles. The van der Waals surface area contributed by atoms with Crippen molar-refractivity contribution < 1.29 is 23.8 Å². The van der Waals surface area contributed by atoms with Gasteiger partial charge in [-0.2, -0.15) is 0 Å². The van der Waals surface area contributed by atoms with E-state index in [1.54, 1.807) is 48.5 Å². The Morgan fingerprint density at radius 1 is 0.513 bits per heavy atom. The number of rotatable bonds is 17. The number of benzene rings is 3. The Kier molecular flexibility index (Phi) is 13.1. The van der Waals surface area contributed by atoms with Crippen LogP contribution in [0.15, 0.2) is 72.8 Å². The van der Waals surface area contributed by atoms with Gasteiger partial charge in [0.05, 0.1) is 17.7 Å². The van der Waals surface area contributed by atoms with Gasteiger partial charge in [-0.25, -0.2) is 9.59 Å². The van der Waals surface area contributed by atoms with Crippen molar-refractivity contribution in [2.45, 2.75) is 84.5 Å². The van der Waals surface area contributed by atoms with Crippen LogP contribution in [0.1, 0.15) is 104 Å². The molecule has 0 spiro atoms. The minimum atomic E-state index is -0.495. The van der Waals surface area contributed by atoms with E-state index < -0.39 is 11.9 Å². The molecule has 0 unspecified atom stereocenters. The molecule has 5 heteroatoms. The second-order valence-corrected chi connectivity index (χ2v) is 9.90. The third-order valence-electron chi connectivity index (χ3n) is 6.61. The van der Waals surface area contributed by atoms with Crippen molar-refractivity contribution >= 4 is 11.9 Å². The minimum absolute atomic E-state index is 0.349. The van der Waals surface area contributed by atoms with Gasteiger partial charge >= 0.3 is 11.9 Å². The third-order valence-corrected chi connectivity index (χ3v) is 6.61. The highest BCUT2D eigenvalue weighted by molar-refractivity contribution is 5.94. The summed E-state index contributed by atoms with van der Waals surface area (Å²) in [6.45, 7) is 5.11. The maximum absolute atomic E-state index is 12.6. The zero-order valence-corrected chi connectivity index (χ0v) is 23.5. The fraction of sp³-hybridized carbons (Fsp3) is 0.412. The van der Waals surface area contributed by atoms with Crippen molar-refractivity contribution in [3.05, 3.63) is 89.5 Å². The van der Waals surface area contributed by atoms with Gasteiger partial charge in [-0.05, 0) is 85.5 Å². The van der Waals surface area contributed by atoms with E-state index in [0.29, 0.717) is 29.2 Å². The SMILES string of the molecule is CCCCCCCCOc1ccc(OC(=O)c2ccc(C(=O)Oc3ccc(CCCCCC)cc3)cc2)cc1. The molecule has 208 valence electrons. The molecule has 0 bridgehead atoms. The highest BCUT2D eigenvalue weighted by Gasteiger charge is 2.13. The second-order valence-electron chi connectivity index (χ2n) is 9.90. The van der Waals surface area contributed by atoms with Crippen molar-refractivity contribution in [1.82, 2.24) is 0 Å². The number of carbonyl (C=O) groups excluding carboxylic acids is 2. The summed E-state index contributed by atoms with van der Waals surface area (Å²) in [4.78, 5) is 25.1. The Balaban J connectivity index is 1.42. The molecule has 5 nitrogen and oxygen atoms in total. The van der Waals surface area contributed by atoms with E-state index in [1.807, 2.05) is 24.3 Å². The predicted molar refractivity (Wildman–Crippen MR) is 156 cm³/mol. The molecule has 0 aliphatic heterocycles. The molecule has 3 rings (SSSR count). The van der Waals surface area contributed by atoms with Crippen molar-refractivity contribution in [3.8, 4) is 17.2 Å². The first kappa shape index (κ1) is 29.9. The first-order chi connectivity index (χ1) is 19.1. The fourth-order valence-corrected chi connectivity index (χ4v) is 4.23. The second kappa shape index (κ2) is 17.1. The molecule has 0 heterocycles. The van der Waals surface area contributed by atoms with Crippen LogP contribution in [0.4, 0.5) is 0 Å². The topological polar surface area (TPSA) is 61.8 Å². The number of hydrogen-bond donors (Lipinski definition) is 0. The molecule has 0 fully saturated rings. The lowest BCUT2D eigenvalue weighted by Gasteiger charge is -2.09. The van der Waals surface area contributed by atoms with Crippen LogP contribution in [-0.4, -0.2) is 18.5 Å². The molecule has 0 N–H and O–H groups in total. The van der Waals surface area contributed by atoms with Gasteiger partial charge in [0.1, 0.15) is 17.2 Å². The molecular weight excluding hydrogens is 488 g/mol. The average Bonchev–Trinajstić information content (AvgIpc) is 2.96. The lowest BCUT2D eigenvalue weighted by molar-refractivity contribution is 0.0720. The molecule has 39 heavy (non-hydrogen) atoms.